The number of benzene rings is 1. The SMILES string of the molecule is CCCCN(CCCC)C(=O)CN1C[C@H](c2ccc3c(c2)CCO3)[C@@H](C(=O)O)[C@@H]1CN1CCCC1=O. The van der Waals surface area contributed by atoms with E-state index in [1.807, 2.05) is 21.9 Å². The fraction of sp³-hybridized carbons (Fsp3) is 0.679. The number of hydrogen-bond acceptors (Lipinski definition) is 5. The highest BCUT2D eigenvalue weighted by Gasteiger charge is 2.48. The van der Waals surface area contributed by atoms with Gasteiger partial charge in [-0.05, 0) is 36.5 Å². The summed E-state index contributed by atoms with van der Waals surface area (Å²) >= 11 is 0. The molecule has 0 spiro atoms. The topological polar surface area (TPSA) is 90.4 Å². The van der Waals surface area contributed by atoms with E-state index in [0.717, 1.165) is 68.5 Å². The average Bonchev–Trinajstić information content (AvgIpc) is 3.58. The Kier molecular flexibility index (Phi) is 8.88. The van der Waals surface area contributed by atoms with Crippen molar-refractivity contribution in [1.29, 1.82) is 0 Å². The van der Waals surface area contributed by atoms with Gasteiger partial charge in [0, 0.05) is 57.5 Å². The van der Waals surface area contributed by atoms with Crippen molar-refractivity contribution in [3.63, 3.8) is 0 Å². The van der Waals surface area contributed by atoms with Gasteiger partial charge in [0.05, 0.1) is 19.1 Å². The Morgan fingerprint density at radius 3 is 2.53 bits per heavy atom. The number of carboxylic acids is 1. The fourth-order valence-corrected chi connectivity index (χ4v) is 5.95. The lowest BCUT2D eigenvalue weighted by Gasteiger charge is -2.32. The molecule has 0 aromatic heterocycles. The van der Waals surface area contributed by atoms with Crippen molar-refractivity contribution < 1.29 is 24.2 Å². The van der Waals surface area contributed by atoms with Crippen molar-refractivity contribution >= 4 is 17.8 Å². The lowest BCUT2D eigenvalue weighted by molar-refractivity contribution is -0.144. The normalized spacial score (nSPS) is 23.7. The quantitative estimate of drug-likeness (QED) is 0.475. The Labute approximate surface area is 214 Å². The fourth-order valence-electron chi connectivity index (χ4n) is 5.95. The van der Waals surface area contributed by atoms with Gasteiger partial charge in [-0.25, -0.2) is 0 Å². The zero-order valence-electron chi connectivity index (χ0n) is 21.8. The van der Waals surface area contributed by atoms with E-state index in [0.29, 0.717) is 32.7 Å². The molecule has 0 saturated carbocycles. The molecule has 3 atom stereocenters. The zero-order valence-corrected chi connectivity index (χ0v) is 21.8. The summed E-state index contributed by atoms with van der Waals surface area (Å²) in [4.78, 5) is 44.4. The third kappa shape index (κ3) is 5.85. The standard InChI is InChI=1S/C28H41N3O5/c1-3-5-12-29(13-6-4-2)26(33)19-31-17-22(20-9-10-24-21(16-20)11-15-36-24)27(28(34)35)23(31)18-30-14-7-8-25(30)32/h9-10,16,22-23,27H,3-8,11-15,17-19H2,1-2H3,(H,34,35)/t22-,23+,27-/m1/s1. The summed E-state index contributed by atoms with van der Waals surface area (Å²) in [6, 6.07) is 5.60. The van der Waals surface area contributed by atoms with Crippen LogP contribution in [0.3, 0.4) is 0 Å². The first kappa shape index (κ1) is 26.5. The molecule has 198 valence electrons. The van der Waals surface area contributed by atoms with E-state index in [9.17, 15) is 19.5 Å². The number of carboxylic acid groups (broad SMARTS) is 1. The van der Waals surface area contributed by atoms with Crippen LogP contribution in [0.4, 0.5) is 0 Å². The molecule has 8 heteroatoms. The Bertz CT molecular complexity index is 943. The molecule has 2 saturated heterocycles. The molecule has 2 fully saturated rings. The lowest BCUT2D eigenvalue weighted by Crippen LogP contribution is -2.49. The minimum Gasteiger partial charge on any atom is -0.493 e. The van der Waals surface area contributed by atoms with E-state index in [1.165, 1.54) is 0 Å². The van der Waals surface area contributed by atoms with Crippen LogP contribution >= 0.6 is 0 Å². The summed E-state index contributed by atoms with van der Waals surface area (Å²) in [7, 11) is 0. The van der Waals surface area contributed by atoms with Gasteiger partial charge in [-0.15, -0.1) is 0 Å². The van der Waals surface area contributed by atoms with Crippen LogP contribution in [-0.4, -0.2) is 89.5 Å². The second kappa shape index (κ2) is 12.1. The van der Waals surface area contributed by atoms with E-state index in [-0.39, 0.29) is 24.3 Å². The molecule has 0 radical (unpaired) electrons. The Morgan fingerprint density at radius 1 is 1.14 bits per heavy atom. The highest BCUT2D eigenvalue weighted by atomic mass is 16.5. The van der Waals surface area contributed by atoms with Gasteiger partial charge in [0.15, 0.2) is 0 Å². The first-order valence-electron chi connectivity index (χ1n) is 13.7. The van der Waals surface area contributed by atoms with Crippen molar-refractivity contribution in [2.45, 2.75) is 70.8 Å². The van der Waals surface area contributed by atoms with Gasteiger partial charge in [0.2, 0.25) is 11.8 Å². The number of fused-ring (bicyclic) bond motifs is 1. The first-order valence-corrected chi connectivity index (χ1v) is 13.7. The third-order valence-electron chi connectivity index (χ3n) is 8.01. The van der Waals surface area contributed by atoms with Gasteiger partial charge in [0.1, 0.15) is 5.75 Å². The molecular formula is C28H41N3O5. The second-order valence-corrected chi connectivity index (χ2v) is 10.5. The first-order chi connectivity index (χ1) is 17.4. The Hall–Kier alpha value is -2.61. The molecule has 3 heterocycles. The smallest absolute Gasteiger partial charge is 0.308 e. The number of aliphatic carboxylic acids is 1. The van der Waals surface area contributed by atoms with E-state index >= 15 is 0 Å². The molecule has 0 bridgehead atoms. The van der Waals surface area contributed by atoms with Gasteiger partial charge in [-0.1, -0.05) is 38.8 Å². The van der Waals surface area contributed by atoms with E-state index in [4.69, 9.17) is 4.74 Å². The molecule has 3 aliphatic heterocycles. The van der Waals surface area contributed by atoms with Gasteiger partial charge < -0.3 is 19.6 Å². The van der Waals surface area contributed by atoms with Gasteiger partial charge in [0.25, 0.3) is 0 Å². The maximum atomic E-state index is 13.5. The van der Waals surface area contributed by atoms with Crippen LogP contribution in [0.15, 0.2) is 18.2 Å². The van der Waals surface area contributed by atoms with Crippen LogP contribution in [-0.2, 0) is 20.8 Å². The molecule has 8 nitrogen and oxygen atoms in total. The van der Waals surface area contributed by atoms with Crippen molar-refractivity contribution in [2.75, 3.05) is 45.9 Å². The molecule has 4 rings (SSSR count). The Balaban J connectivity index is 1.60. The summed E-state index contributed by atoms with van der Waals surface area (Å²) in [6.07, 6.45) is 6.09. The van der Waals surface area contributed by atoms with Gasteiger partial charge in [-0.2, -0.15) is 0 Å². The van der Waals surface area contributed by atoms with Crippen molar-refractivity contribution in [2.24, 2.45) is 5.92 Å². The second-order valence-electron chi connectivity index (χ2n) is 10.5. The molecule has 36 heavy (non-hydrogen) atoms. The summed E-state index contributed by atoms with van der Waals surface area (Å²) in [6.45, 7) is 8.05. The van der Waals surface area contributed by atoms with Crippen LogP contribution in [0.2, 0.25) is 0 Å². The highest BCUT2D eigenvalue weighted by molar-refractivity contribution is 5.80. The summed E-state index contributed by atoms with van der Waals surface area (Å²) < 4.78 is 5.66. The van der Waals surface area contributed by atoms with Crippen LogP contribution in [0.1, 0.15) is 69.4 Å². The van der Waals surface area contributed by atoms with Crippen molar-refractivity contribution in [3.8, 4) is 5.75 Å². The molecule has 3 aliphatic rings. The number of nitrogens with zero attached hydrogens (tertiary/aromatic N) is 3. The summed E-state index contributed by atoms with van der Waals surface area (Å²) in [5, 5.41) is 10.4. The summed E-state index contributed by atoms with van der Waals surface area (Å²) in [5.41, 5.74) is 2.09. The molecule has 2 amide bonds. The lowest BCUT2D eigenvalue weighted by atomic mass is 9.84. The molecule has 0 unspecified atom stereocenters. The Morgan fingerprint density at radius 2 is 1.89 bits per heavy atom. The number of rotatable bonds is 12. The largest absolute Gasteiger partial charge is 0.493 e. The number of carbonyl (C=O) groups is 3. The van der Waals surface area contributed by atoms with Crippen LogP contribution in [0.5, 0.6) is 5.75 Å². The predicted octanol–water partition coefficient (Wildman–Crippen LogP) is 3.14. The minimum absolute atomic E-state index is 0.0572. The number of hydrogen-bond donors (Lipinski definition) is 1. The van der Waals surface area contributed by atoms with Crippen LogP contribution < -0.4 is 4.74 Å². The average molecular weight is 500 g/mol. The van der Waals surface area contributed by atoms with E-state index in [2.05, 4.69) is 19.9 Å². The molecule has 1 N–H and O–H groups in total. The molecule has 0 aliphatic carbocycles. The van der Waals surface area contributed by atoms with E-state index in [1.54, 1.807) is 4.90 Å². The summed E-state index contributed by atoms with van der Waals surface area (Å²) in [5.74, 6) is -0.790. The highest BCUT2D eigenvalue weighted by Crippen LogP contribution is 2.40. The van der Waals surface area contributed by atoms with Gasteiger partial charge in [-0.3, -0.25) is 19.3 Å². The maximum Gasteiger partial charge on any atom is 0.308 e. The minimum atomic E-state index is -0.864. The molecule has 1 aromatic rings. The molecular weight excluding hydrogens is 458 g/mol. The van der Waals surface area contributed by atoms with Crippen LogP contribution in [0, 0.1) is 5.92 Å². The van der Waals surface area contributed by atoms with Crippen LogP contribution in [0.25, 0.3) is 0 Å². The number of unbranched alkanes of at least 4 members (excludes halogenated alkanes) is 2. The molecule has 1 aromatic carbocycles. The van der Waals surface area contributed by atoms with Gasteiger partial charge >= 0.3 is 5.97 Å². The predicted molar refractivity (Wildman–Crippen MR) is 137 cm³/mol. The van der Waals surface area contributed by atoms with Crippen molar-refractivity contribution in [1.82, 2.24) is 14.7 Å². The third-order valence-corrected chi connectivity index (χ3v) is 8.01. The number of likely N-dealkylation sites (tertiary alicyclic amines) is 2. The maximum absolute atomic E-state index is 13.5. The monoisotopic (exact) mass is 499 g/mol. The number of amides is 2. The zero-order chi connectivity index (χ0) is 25.7. The number of ether oxygens (including phenoxy) is 1. The van der Waals surface area contributed by atoms with Crippen molar-refractivity contribution in [3.05, 3.63) is 29.3 Å². The van der Waals surface area contributed by atoms with E-state index < -0.39 is 17.9 Å². The number of carbonyl (C=O) groups excluding carboxylic acids is 2.